The topological polar surface area (TPSA) is 81.5 Å². The fraction of sp³-hybridized carbons (Fsp3) is 0.0769. The minimum Gasteiger partial charge on any atom is -0.735 e. The lowest BCUT2D eigenvalue weighted by atomic mass is 10.2. The van der Waals surface area contributed by atoms with Crippen LogP contribution >= 0.6 is 0 Å². The van der Waals surface area contributed by atoms with Gasteiger partial charge in [0.05, 0.1) is 5.71 Å². The van der Waals surface area contributed by atoms with Crippen molar-refractivity contribution in [1.82, 2.24) is 15.1 Å². The first-order valence-electron chi connectivity index (χ1n) is 5.55. The van der Waals surface area contributed by atoms with Crippen LogP contribution in [0.3, 0.4) is 0 Å². The van der Waals surface area contributed by atoms with E-state index in [-0.39, 0.29) is 10.7 Å². The fourth-order valence-corrected chi connectivity index (χ4v) is 1.44. The molecule has 0 aliphatic rings. The van der Waals surface area contributed by atoms with E-state index in [1.165, 1.54) is 24.5 Å². The Hall–Kier alpha value is -2.60. The van der Waals surface area contributed by atoms with Crippen molar-refractivity contribution < 1.29 is 4.79 Å². The van der Waals surface area contributed by atoms with Gasteiger partial charge in [0.25, 0.3) is 5.91 Å². The van der Waals surface area contributed by atoms with E-state index in [1.807, 2.05) is 0 Å². The van der Waals surface area contributed by atoms with Gasteiger partial charge in [-0.3, -0.25) is 19.9 Å². The first-order valence-corrected chi connectivity index (χ1v) is 5.55. The van der Waals surface area contributed by atoms with Crippen LogP contribution < -0.4 is 0 Å². The third-order valence-corrected chi connectivity index (χ3v) is 2.44. The molecule has 2 rings (SSSR count). The van der Waals surface area contributed by atoms with Crippen LogP contribution in [-0.4, -0.2) is 26.8 Å². The summed E-state index contributed by atoms with van der Waals surface area (Å²) in [6.45, 7) is 1.65. The number of hydrazone groups is 1. The zero-order valence-electron chi connectivity index (χ0n) is 10.2. The van der Waals surface area contributed by atoms with Gasteiger partial charge in [0.2, 0.25) is 0 Å². The van der Waals surface area contributed by atoms with Crippen LogP contribution in [0.1, 0.15) is 22.8 Å². The SMILES string of the molecule is CC(=NN([O-])C(=O)c1ccncc1)c1ccncc1. The molecule has 0 bridgehead atoms. The molecule has 0 saturated heterocycles. The molecule has 0 radical (unpaired) electrons. The zero-order chi connectivity index (χ0) is 13.7. The Morgan fingerprint density at radius 2 is 1.53 bits per heavy atom. The third-order valence-electron chi connectivity index (χ3n) is 2.44. The molecule has 19 heavy (non-hydrogen) atoms. The van der Waals surface area contributed by atoms with Crippen LogP contribution in [0, 0.1) is 5.21 Å². The Morgan fingerprint density at radius 3 is 2.05 bits per heavy atom. The highest BCUT2D eigenvalue weighted by atomic mass is 16.5. The number of nitrogens with zero attached hydrogens (tertiary/aromatic N) is 4. The first-order chi connectivity index (χ1) is 9.18. The molecule has 0 aliphatic heterocycles. The maximum Gasteiger partial charge on any atom is 0.263 e. The maximum atomic E-state index is 11.8. The van der Waals surface area contributed by atoms with E-state index in [4.69, 9.17) is 0 Å². The Bertz CT molecular complexity index is 584. The molecule has 2 aromatic rings. The largest absolute Gasteiger partial charge is 0.735 e. The quantitative estimate of drug-likeness (QED) is 0.619. The van der Waals surface area contributed by atoms with Crippen molar-refractivity contribution in [2.45, 2.75) is 6.92 Å². The van der Waals surface area contributed by atoms with E-state index in [1.54, 1.807) is 31.5 Å². The number of pyridine rings is 2. The van der Waals surface area contributed by atoms with E-state index in [2.05, 4.69) is 15.1 Å². The number of carbonyl (C=O) groups excluding carboxylic acids is 1. The van der Waals surface area contributed by atoms with Crippen molar-refractivity contribution >= 4 is 11.6 Å². The fourth-order valence-electron chi connectivity index (χ4n) is 1.44. The molecule has 96 valence electrons. The second-order valence-corrected chi connectivity index (χ2v) is 3.74. The molecule has 0 N–H and O–H groups in total. The van der Waals surface area contributed by atoms with Crippen LogP contribution in [0.4, 0.5) is 0 Å². The predicted octanol–water partition coefficient (Wildman–Crippen LogP) is 1.84. The standard InChI is InChI=1S/C13H11N4O2/c1-10(11-2-6-14-7-3-11)16-17(19)13(18)12-4-8-15-9-5-12/h2-9H,1H3/q-1. The Labute approximate surface area is 110 Å². The summed E-state index contributed by atoms with van der Waals surface area (Å²) in [7, 11) is 0. The van der Waals surface area contributed by atoms with Crippen LogP contribution in [0.5, 0.6) is 0 Å². The molecule has 0 atom stereocenters. The van der Waals surface area contributed by atoms with Gasteiger partial charge in [0, 0.05) is 35.9 Å². The van der Waals surface area contributed by atoms with Gasteiger partial charge in [0.1, 0.15) is 0 Å². The highest BCUT2D eigenvalue weighted by molar-refractivity contribution is 6.00. The molecule has 2 aromatic heterocycles. The first kappa shape index (κ1) is 12.8. The van der Waals surface area contributed by atoms with Crippen LogP contribution in [-0.2, 0) is 0 Å². The number of hydroxylamine groups is 1. The minimum atomic E-state index is -0.726. The van der Waals surface area contributed by atoms with E-state index < -0.39 is 5.91 Å². The lowest BCUT2D eigenvalue weighted by Crippen LogP contribution is -2.21. The van der Waals surface area contributed by atoms with Gasteiger partial charge in [-0.05, 0) is 31.2 Å². The monoisotopic (exact) mass is 255 g/mol. The highest BCUT2D eigenvalue weighted by Crippen LogP contribution is 2.05. The summed E-state index contributed by atoms with van der Waals surface area (Å²) in [6.07, 6.45) is 6.07. The predicted molar refractivity (Wildman–Crippen MR) is 70.2 cm³/mol. The number of amides is 1. The number of aromatic nitrogens is 2. The normalized spacial score (nSPS) is 11.2. The molecule has 0 unspecified atom stereocenters. The van der Waals surface area contributed by atoms with Crippen molar-refractivity contribution in [2.24, 2.45) is 5.10 Å². The van der Waals surface area contributed by atoms with Crippen LogP contribution in [0.25, 0.3) is 0 Å². The number of rotatable bonds is 3. The van der Waals surface area contributed by atoms with Crippen LogP contribution in [0.2, 0.25) is 0 Å². The summed E-state index contributed by atoms with van der Waals surface area (Å²) in [6, 6.07) is 6.35. The number of hydrogen-bond acceptors (Lipinski definition) is 5. The second-order valence-electron chi connectivity index (χ2n) is 3.74. The zero-order valence-corrected chi connectivity index (χ0v) is 10.2. The maximum absolute atomic E-state index is 11.8. The van der Waals surface area contributed by atoms with Gasteiger partial charge >= 0.3 is 0 Å². The minimum absolute atomic E-state index is 0.0745. The Balaban J connectivity index is 2.17. The Kier molecular flexibility index (Phi) is 3.94. The molecular formula is C13H11N4O2-. The van der Waals surface area contributed by atoms with E-state index in [0.29, 0.717) is 5.71 Å². The lowest BCUT2D eigenvalue weighted by Gasteiger charge is -2.22. The molecule has 0 saturated carbocycles. The molecule has 0 fully saturated rings. The summed E-state index contributed by atoms with van der Waals surface area (Å²) >= 11 is 0. The second kappa shape index (κ2) is 5.83. The van der Waals surface area contributed by atoms with E-state index >= 15 is 0 Å². The van der Waals surface area contributed by atoms with Gasteiger partial charge in [-0.2, -0.15) is 5.10 Å². The average Bonchev–Trinajstić information content (AvgIpc) is 2.48. The average molecular weight is 255 g/mol. The van der Waals surface area contributed by atoms with Crippen LogP contribution in [0.15, 0.2) is 54.2 Å². The summed E-state index contributed by atoms with van der Waals surface area (Å²) in [5.41, 5.74) is 1.43. The van der Waals surface area contributed by atoms with Gasteiger partial charge in [0.15, 0.2) is 0 Å². The van der Waals surface area contributed by atoms with Gasteiger partial charge in [-0.1, -0.05) is 0 Å². The van der Waals surface area contributed by atoms with Crippen molar-refractivity contribution in [3.63, 3.8) is 0 Å². The van der Waals surface area contributed by atoms with Crippen molar-refractivity contribution in [2.75, 3.05) is 0 Å². The van der Waals surface area contributed by atoms with Gasteiger partial charge < -0.3 is 5.21 Å². The summed E-state index contributed by atoms with van der Waals surface area (Å²) in [4.78, 5) is 19.4. The molecule has 6 nitrogen and oxygen atoms in total. The highest BCUT2D eigenvalue weighted by Gasteiger charge is 2.07. The van der Waals surface area contributed by atoms with E-state index in [0.717, 1.165) is 5.56 Å². The van der Waals surface area contributed by atoms with Gasteiger partial charge in [-0.15, -0.1) is 0 Å². The smallest absolute Gasteiger partial charge is 0.263 e. The van der Waals surface area contributed by atoms with Crippen molar-refractivity contribution in [3.05, 3.63) is 65.4 Å². The van der Waals surface area contributed by atoms with Crippen molar-refractivity contribution in [1.29, 1.82) is 0 Å². The lowest BCUT2D eigenvalue weighted by molar-refractivity contribution is 0.0826. The summed E-state index contributed by atoms with van der Waals surface area (Å²) in [5, 5.41) is 15.5. The van der Waals surface area contributed by atoms with E-state index in [9.17, 15) is 10.0 Å². The number of carbonyl (C=O) groups is 1. The molecule has 1 amide bonds. The molecule has 0 aromatic carbocycles. The Morgan fingerprint density at radius 1 is 1.05 bits per heavy atom. The van der Waals surface area contributed by atoms with Crippen molar-refractivity contribution in [3.8, 4) is 0 Å². The van der Waals surface area contributed by atoms with Gasteiger partial charge in [-0.25, -0.2) is 0 Å². The molecule has 6 heteroatoms. The molecule has 2 heterocycles. The third kappa shape index (κ3) is 3.20. The summed E-state index contributed by atoms with van der Waals surface area (Å²) < 4.78 is 0. The summed E-state index contributed by atoms with van der Waals surface area (Å²) in [5.74, 6) is -0.726. The molecule has 0 spiro atoms. The molecular weight excluding hydrogens is 244 g/mol. The number of hydrogen-bond donors (Lipinski definition) is 0. The molecule has 0 aliphatic carbocycles.